The first-order valence-corrected chi connectivity index (χ1v) is 22.5. The molecule has 4 aliphatic rings. The van der Waals surface area contributed by atoms with Gasteiger partial charge in [0.1, 0.15) is 42.7 Å². The maximum absolute atomic E-state index is 13.0. The zero-order valence-electron chi connectivity index (χ0n) is 34.4. The SMILES string of the molecule is CC(=O)O[C@H]1[C@@H](O[C@H]2O[C@@H]3CO[C@@H](c4ccccc4)O[C@H]3[C@H](OCc3ccc(Cl)cc3)[C@H]2OCc2ccc(I)cc2)O[C@@H]2CO[C@@H](c3ccccc3)O[C@H]2[C@@H]1OCc1ccccc1. The number of carbonyl (C=O) groups is 1. The van der Waals surface area contributed by atoms with Crippen LogP contribution >= 0.6 is 34.2 Å². The van der Waals surface area contributed by atoms with Crippen LogP contribution in [0.1, 0.15) is 47.3 Å². The maximum Gasteiger partial charge on any atom is 0.303 e. The van der Waals surface area contributed by atoms with Gasteiger partial charge in [-0.2, -0.15) is 0 Å². The lowest BCUT2D eigenvalue weighted by Gasteiger charge is -2.52. The van der Waals surface area contributed by atoms with E-state index in [9.17, 15) is 4.79 Å². The second-order valence-corrected chi connectivity index (χ2v) is 17.4. The van der Waals surface area contributed by atoms with Crippen LogP contribution in [-0.2, 0) is 76.7 Å². The van der Waals surface area contributed by atoms with E-state index in [0.717, 1.165) is 31.4 Å². The highest BCUT2D eigenvalue weighted by atomic mass is 127. The number of hydrogen-bond acceptors (Lipinski definition) is 12. The zero-order chi connectivity index (χ0) is 43.1. The minimum Gasteiger partial charge on any atom is -0.454 e. The van der Waals surface area contributed by atoms with Gasteiger partial charge in [-0.15, -0.1) is 0 Å². The molecule has 0 unspecified atom stereocenters. The van der Waals surface area contributed by atoms with Gasteiger partial charge in [0.15, 0.2) is 25.0 Å². The summed E-state index contributed by atoms with van der Waals surface area (Å²) in [6.45, 7) is 2.22. The summed E-state index contributed by atoms with van der Waals surface area (Å²) in [5, 5.41) is 0.614. The third kappa shape index (κ3) is 11.0. The molecule has 4 heterocycles. The summed E-state index contributed by atoms with van der Waals surface area (Å²) in [6.07, 6.45) is -10.1. The molecular weight excluding hydrogens is 943 g/mol. The molecule has 0 radical (unpaired) electrons. The van der Waals surface area contributed by atoms with E-state index in [4.69, 9.17) is 63.7 Å². The average Bonchev–Trinajstić information content (AvgIpc) is 3.31. The van der Waals surface area contributed by atoms with Gasteiger partial charge in [0.05, 0.1) is 33.0 Å². The quantitative estimate of drug-likeness (QED) is 0.0783. The summed E-state index contributed by atoms with van der Waals surface area (Å²) in [6, 6.07) is 44.6. The fourth-order valence-corrected chi connectivity index (χ4v) is 8.67. The second kappa shape index (κ2) is 21.0. The van der Waals surface area contributed by atoms with Crippen molar-refractivity contribution in [2.75, 3.05) is 13.2 Å². The molecule has 12 atom stereocenters. The molecule has 4 fully saturated rings. The number of ether oxygens (including phenoxy) is 11. The highest BCUT2D eigenvalue weighted by Crippen LogP contribution is 2.41. The number of halogens is 2. The van der Waals surface area contributed by atoms with Crippen molar-refractivity contribution < 1.29 is 56.9 Å². The molecule has 14 heteroatoms. The summed E-state index contributed by atoms with van der Waals surface area (Å²) in [4.78, 5) is 13.0. The monoisotopic (exact) mass is 990 g/mol. The molecule has 63 heavy (non-hydrogen) atoms. The van der Waals surface area contributed by atoms with E-state index >= 15 is 0 Å². The normalized spacial score (nSPS) is 30.5. The zero-order valence-corrected chi connectivity index (χ0v) is 37.3. The lowest BCUT2D eigenvalue weighted by molar-refractivity contribution is -0.419. The highest BCUT2D eigenvalue weighted by molar-refractivity contribution is 14.1. The van der Waals surface area contributed by atoms with Crippen molar-refractivity contribution in [2.45, 2.75) is 101 Å². The van der Waals surface area contributed by atoms with Crippen LogP contribution in [0.3, 0.4) is 0 Å². The maximum atomic E-state index is 13.0. The van der Waals surface area contributed by atoms with E-state index in [0.29, 0.717) is 5.02 Å². The Morgan fingerprint density at radius 3 is 1.49 bits per heavy atom. The van der Waals surface area contributed by atoms with Crippen molar-refractivity contribution in [3.05, 3.63) is 176 Å². The van der Waals surface area contributed by atoms with Crippen LogP contribution in [0.25, 0.3) is 0 Å². The molecule has 0 spiro atoms. The molecule has 5 aromatic rings. The third-order valence-corrected chi connectivity index (χ3v) is 12.2. The van der Waals surface area contributed by atoms with E-state index in [1.165, 1.54) is 6.92 Å². The van der Waals surface area contributed by atoms with E-state index in [1.807, 2.05) is 140 Å². The van der Waals surface area contributed by atoms with Gasteiger partial charge in [0.2, 0.25) is 6.29 Å². The molecule has 4 aliphatic heterocycles. The first-order chi connectivity index (χ1) is 30.8. The van der Waals surface area contributed by atoms with Gasteiger partial charge in [0.25, 0.3) is 0 Å². The van der Waals surface area contributed by atoms with Crippen LogP contribution < -0.4 is 0 Å². The fraction of sp³-hybridized carbons (Fsp3) is 0.367. The van der Waals surface area contributed by atoms with Gasteiger partial charge in [-0.05, 0) is 63.5 Å². The lowest BCUT2D eigenvalue weighted by atomic mass is 9.95. The Hall–Kier alpha value is -3.81. The number of benzene rings is 5. The molecule has 0 aliphatic carbocycles. The molecule has 0 N–H and O–H groups in total. The molecule has 0 bridgehead atoms. The fourth-order valence-electron chi connectivity index (χ4n) is 8.19. The van der Waals surface area contributed by atoms with Gasteiger partial charge >= 0.3 is 5.97 Å². The summed E-state index contributed by atoms with van der Waals surface area (Å²) < 4.78 is 73.9. The Morgan fingerprint density at radius 1 is 0.556 bits per heavy atom. The third-order valence-electron chi connectivity index (χ3n) is 11.3. The molecule has 5 aromatic carbocycles. The lowest BCUT2D eigenvalue weighted by Crippen LogP contribution is -2.67. The van der Waals surface area contributed by atoms with Crippen LogP contribution in [0.5, 0.6) is 0 Å². The van der Waals surface area contributed by atoms with Gasteiger partial charge < -0.3 is 52.1 Å². The van der Waals surface area contributed by atoms with Crippen molar-refractivity contribution in [3.8, 4) is 0 Å². The number of esters is 1. The predicted molar refractivity (Wildman–Crippen MR) is 237 cm³/mol. The largest absolute Gasteiger partial charge is 0.454 e. The second-order valence-electron chi connectivity index (χ2n) is 15.7. The van der Waals surface area contributed by atoms with Crippen LogP contribution in [0.15, 0.2) is 140 Å². The predicted octanol–water partition coefficient (Wildman–Crippen LogP) is 8.63. The molecule has 0 saturated carbocycles. The topological polar surface area (TPSA) is 119 Å². The van der Waals surface area contributed by atoms with E-state index in [2.05, 4.69) is 22.6 Å². The molecule has 4 saturated heterocycles. The summed E-state index contributed by atoms with van der Waals surface area (Å²) in [5.74, 6) is -0.558. The van der Waals surface area contributed by atoms with Crippen LogP contribution in [-0.4, -0.2) is 80.6 Å². The van der Waals surface area contributed by atoms with Crippen molar-refractivity contribution in [1.29, 1.82) is 0 Å². The minimum atomic E-state index is -1.23. The summed E-state index contributed by atoms with van der Waals surface area (Å²) in [5.41, 5.74) is 4.42. The molecule has 9 rings (SSSR count). The van der Waals surface area contributed by atoms with Crippen molar-refractivity contribution >= 4 is 40.2 Å². The van der Waals surface area contributed by atoms with Crippen molar-refractivity contribution in [1.82, 2.24) is 0 Å². The molecule has 12 nitrogen and oxygen atoms in total. The Kier molecular flexibility index (Phi) is 14.8. The van der Waals surface area contributed by atoms with Gasteiger partial charge in [-0.25, -0.2) is 0 Å². The number of rotatable bonds is 14. The van der Waals surface area contributed by atoms with Crippen LogP contribution in [0, 0.1) is 3.57 Å². The highest BCUT2D eigenvalue weighted by Gasteiger charge is 2.57. The summed E-state index contributed by atoms with van der Waals surface area (Å²) in [7, 11) is 0. The Morgan fingerprint density at radius 2 is 0.984 bits per heavy atom. The van der Waals surface area contributed by atoms with Crippen molar-refractivity contribution in [2.24, 2.45) is 0 Å². The Bertz CT molecular complexity index is 2210. The van der Waals surface area contributed by atoms with E-state index in [1.54, 1.807) is 0 Å². The first-order valence-electron chi connectivity index (χ1n) is 21.0. The van der Waals surface area contributed by atoms with Crippen LogP contribution in [0.2, 0.25) is 5.02 Å². The summed E-state index contributed by atoms with van der Waals surface area (Å²) >= 11 is 8.53. The van der Waals surface area contributed by atoms with Gasteiger partial charge in [-0.3, -0.25) is 4.79 Å². The Labute approximate surface area is 385 Å². The van der Waals surface area contributed by atoms with Gasteiger partial charge in [-0.1, -0.05) is 127 Å². The van der Waals surface area contributed by atoms with Crippen LogP contribution in [0.4, 0.5) is 0 Å². The molecular formula is C49H48ClIO12. The number of carbonyl (C=O) groups excluding carboxylic acids is 1. The van der Waals surface area contributed by atoms with Gasteiger partial charge in [0, 0.05) is 26.6 Å². The molecule has 0 amide bonds. The van der Waals surface area contributed by atoms with Crippen molar-refractivity contribution in [3.63, 3.8) is 0 Å². The average molecular weight is 991 g/mol. The smallest absolute Gasteiger partial charge is 0.303 e. The number of hydrogen-bond donors (Lipinski definition) is 0. The number of fused-ring (bicyclic) bond motifs is 2. The Balaban J connectivity index is 1.05. The standard InChI is InChI=1S/C49H48ClIO12/c1-30(52)58-45-43(54-25-31-11-5-2-6-12-31)41-39(29-57-47(62-41)35-15-9-4-10-16-35)60-49(45)63-48-44(55-27-33-19-23-37(51)24-20-33)42(53-26-32-17-21-36(50)22-18-32)40-38(59-48)28-56-46(61-40)34-13-7-3-8-14-34/h2-24,38-49H,25-29H2,1H3/t38-,39-,40-,41-,42+,43+,44-,45-,46-,47-,48-,49-/m1/s1. The minimum absolute atomic E-state index is 0.139. The first kappa shape index (κ1) is 44.4. The molecule has 330 valence electrons. The van der Waals surface area contributed by atoms with E-state index < -0.39 is 80.0 Å². The van der Waals surface area contributed by atoms with E-state index in [-0.39, 0.29) is 33.0 Å². The molecule has 0 aromatic heterocycles.